The lowest BCUT2D eigenvalue weighted by molar-refractivity contribution is 0.0393. The minimum Gasteiger partial charge on any atom is -0.368 e. The van der Waals surface area contributed by atoms with E-state index in [2.05, 4.69) is 21.8 Å². The molecule has 1 aromatic heterocycles. The number of amides is 2. The second kappa shape index (κ2) is 5.42. The number of carbonyl (C=O) groups is 1. The summed E-state index contributed by atoms with van der Waals surface area (Å²) in [6.07, 6.45) is 2.01. The molecule has 1 aliphatic heterocycles. The van der Waals surface area contributed by atoms with Crippen LogP contribution in [0.4, 0.5) is 4.79 Å². The average molecular weight is 256 g/mol. The third kappa shape index (κ3) is 2.55. The van der Waals surface area contributed by atoms with Crippen LogP contribution in [0, 0.1) is 0 Å². The van der Waals surface area contributed by atoms with E-state index in [1.165, 1.54) is 16.4 Å². The minimum atomic E-state index is -0.969. The molecule has 1 saturated heterocycles. The van der Waals surface area contributed by atoms with Gasteiger partial charge in [-0.1, -0.05) is 17.8 Å². The van der Waals surface area contributed by atoms with Gasteiger partial charge in [-0.05, 0) is 24.4 Å². The minimum absolute atomic E-state index is 0.244. The number of carbonyl (C=O) groups excluding carboxylic acids is 1. The number of aliphatic hydroxyl groups is 1. The Morgan fingerprint density at radius 3 is 3.12 bits per heavy atom. The third-order valence-electron chi connectivity index (χ3n) is 2.77. The van der Waals surface area contributed by atoms with Gasteiger partial charge in [0.2, 0.25) is 0 Å². The van der Waals surface area contributed by atoms with Crippen molar-refractivity contribution >= 4 is 17.6 Å². The number of aromatic nitrogens is 2. The molecule has 0 spiro atoms. The van der Waals surface area contributed by atoms with Crippen LogP contribution < -0.4 is 5.32 Å². The smallest absolute Gasteiger partial charge is 0.319 e. The predicted molar refractivity (Wildman–Crippen MR) is 63.6 cm³/mol. The highest BCUT2D eigenvalue weighted by atomic mass is 32.1. The van der Waals surface area contributed by atoms with Crippen LogP contribution in [0.15, 0.2) is 0 Å². The Labute approximate surface area is 104 Å². The quantitative estimate of drug-likeness (QED) is 0.820. The van der Waals surface area contributed by atoms with Crippen LogP contribution in [0.1, 0.15) is 36.6 Å². The molecule has 0 saturated carbocycles. The van der Waals surface area contributed by atoms with Crippen LogP contribution in [0.5, 0.6) is 0 Å². The number of aryl methyl sites for hydroxylation is 1. The normalized spacial score (nSPS) is 17.3. The standard InChI is InChI=1S/C10H16N4O2S/c1-2-3-4-7-8(12-13-17-7)9(15)14-6-5-11-10(14)16/h9,15H,2-6H2,1H3,(H,11,16). The van der Waals surface area contributed by atoms with Gasteiger partial charge in [-0.25, -0.2) is 4.79 Å². The van der Waals surface area contributed by atoms with Gasteiger partial charge < -0.3 is 10.4 Å². The first kappa shape index (κ1) is 12.3. The summed E-state index contributed by atoms with van der Waals surface area (Å²) in [5.74, 6) is 0. The van der Waals surface area contributed by atoms with E-state index in [4.69, 9.17) is 0 Å². The maximum Gasteiger partial charge on any atom is 0.319 e. The Morgan fingerprint density at radius 2 is 2.47 bits per heavy atom. The van der Waals surface area contributed by atoms with Crippen molar-refractivity contribution in [2.24, 2.45) is 0 Å². The van der Waals surface area contributed by atoms with Crippen LogP contribution >= 0.6 is 11.5 Å². The first-order valence-electron chi connectivity index (χ1n) is 5.77. The molecule has 1 atom stereocenters. The topological polar surface area (TPSA) is 78.4 Å². The van der Waals surface area contributed by atoms with Crippen molar-refractivity contribution < 1.29 is 9.90 Å². The van der Waals surface area contributed by atoms with E-state index in [1.54, 1.807) is 0 Å². The lowest BCUT2D eigenvalue weighted by atomic mass is 10.2. The summed E-state index contributed by atoms with van der Waals surface area (Å²) < 4.78 is 3.87. The summed E-state index contributed by atoms with van der Waals surface area (Å²) >= 11 is 1.30. The Kier molecular flexibility index (Phi) is 3.90. The van der Waals surface area contributed by atoms with E-state index >= 15 is 0 Å². The zero-order chi connectivity index (χ0) is 12.3. The van der Waals surface area contributed by atoms with Gasteiger partial charge in [-0.3, -0.25) is 4.90 Å². The number of unbranched alkanes of at least 4 members (excludes halogenated alkanes) is 1. The van der Waals surface area contributed by atoms with Crippen molar-refractivity contribution in [1.29, 1.82) is 0 Å². The number of nitrogens with one attached hydrogen (secondary N) is 1. The second-order valence-corrected chi connectivity index (χ2v) is 4.82. The largest absolute Gasteiger partial charge is 0.368 e. The molecular formula is C10H16N4O2S. The third-order valence-corrected chi connectivity index (χ3v) is 3.57. The fraction of sp³-hybridized carbons (Fsp3) is 0.700. The van der Waals surface area contributed by atoms with Crippen molar-refractivity contribution in [3.63, 3.8) is 0 Å². The maximum absolute atomic E-state index is 11.4. The highest BCUT2D eigenvalue weighted by Crippen LogP contribution is 2.24. The molecule has 0 bridgehead atoms. The molecule has 0 aromatic carbocycles. The molecule has 1 fully saturated rings. The van der Waals surface area contributed by atoms with E-state index in [0.717, 1.165) is 24.1 Å². The Balaban J connectivity index is 2.10. The van der Waals surface area contributed by atoms with Crippen molar-refractivity contribution in [2.75, 3.05) is 13.1 Å². The van der Waals surface area contributed by atoms with E-state index in [0.29, 0.717) is 18.8 Å². The van der Waals surface area contributed by atoms with Crippen LogP contribution in [0.25, 0.3) is 0 Å². The van der Waals surface area contributed by atoms with Gasteiger partial charge in [-0.15, -0.1) is 5.10 Å². The maximum atomic E-state index is 11.4. The van der Waals surface area contributed by atoms with Gasteiger partial charge >= 0.3 is 6.03 Å². The summed E-state index contributed by atoms with van der Waals surface area (Å²) in [6.45, 7) is 3.18. The molecule has 1 aliphatic rings. The summed E-state index contributed by atoms with van der Waals surface area (Å²) in [4.78, 5) is 13.8. The summed E-state index contributed by atoms with van der Waals surface area (Å²) in [6, 6.07) is -0.244. The number of hydrogen-bond acceptors (Lipinski definition) is 5. The first-order chi connectivity index (χ1) is 8.24. The molecule has 94 valence electrons. The van der Waals surface area contributed by atoms with Crippen LogP contribution in [0.3, 0.4) is 0 Å². The van der Waals surface area contributed by atoms with Crippen molar-refractivity contribution in [1.82, 2.24) is 19.8 Å². The lowest BCUT2D eigenvalue weighted by Crippen LogP contribution is -2.32. The van der Waals surface area contributed by atoms with Gasteiger partial charge in [0.25, 0.3) is 0 Å². The Morgan fingerprint density at radius 1 is 1.65 bits per heavy atom. The number of aliphatic hydroxyl groups excluding tert-OH is 1. The van der Waals surface area contributed by atoms with Gasteiger partial charge in [0, 0.05) is 13.1 Å². The van der Waals surface area contributed by atoms with Crippen molar-refractivity contribution in [3.8, 4) is 0 Å². The number of urea groups is 1. The molecule has 2 N–H and O–H groups in total. The van der Waals surface area contributed by atoms with Crippen molar-refractivity contribution in [2.45, 2.75) is 32.4 Å². The molecule has 0 radical (unpaired) electrons. The number of hydrogen-bond donors (Lipinski definition) is 2. The van der Waals surface area contributed by atoms with Crippen LogP contribution in [-0.2, 0) is 6.42 Å². The monoisotopic (exact) mass is 256 g/mol. The van der Waals surface area contributed by atoms with E-state index in [-0.39, 0.29) is 6.03 Å². The highest BCUT2D eigenvalue weighted by molar-refractivity contribution is 7.05. The molecule has 1 unspecified atom stereocenters. The summed E-state index contributed by atoms with van der Waals surface area (Å²) in [5.41, 5.74) is 0.528. The molecule has 2 rings (SSSR count). The summed E-state index contributed by atoms with van der Waals surface area (Å²) in [7, 11) is 0. The van der Waals surface area contributed by atoms with Gasteiger partial charge in [0.1, 0.15) is 5.69 Å². The zero-order valence-electron chi connectivity index (χ0n) is 9.72. The van der Waals surface area contributed by atoms with Crippen LogP contribution in [0.2, 0.25) is 0 Å². The number of rotatable bonds is 5. The van der Waals surface area contributed by atoms with Gasteiger partial charge in [0.15, 0.2) is 6.23 Å². The first-order valence-corrected chi connectivity index (χ1v) is 6.55. The molecule has 2 heterocycles. The van der Waals surface area contributed by atoms with E-state index in [9.17, 15) is 9.90 Å². The average Bonchev–Trinajstić information content (AvgIpc) is 2.94. The number of nitrogens with zero attached hydrogens (tertiary/aromatic N) is 3. The van der Waals surface area contributed by atoms with E-state index in [1.807, 2.05) is 0 Å². The van der Waals surface area contributed by atoms with Crippen molar-refractivity contribution in [3.05, 3.63) is 10.6 Å². The Bertz CT molecular complexity index is 395. The van der Waals surface area contributed by atoms with Gasteiger partial charge in [0.05, 0.1) is 4.88 Å². The molecule has 7 heteroatoms. The molecule has 1 aromatic rings. The zero-order valence-corrected chi connectivity index (χ0v) is 10.5. The molecule has 17 heavy (non-hydrogen) atoms. The predicted octanol–water partition coefficient (Wildman–Crippen LogP) is 0.897. The van der Waals surface area contributed by atoms with Crippen LogP contribution in [-0.4, -0.2) is 38.7 Å². The second-order valence-electron chi connectivity index (χ2n) is 3.98. The summed E-state index contributed by atoms with van der Waals surface area (Å²) in [5, 5.41) is 16.7. The van der Waals surface area contributed by atoms with E-state index < -0.39 is 6.23 Å². The molecule has 0 aliphatic carbocycles. The SMILES string of the molecule is CCCCc1snnc1C(O)N1CCNC1=O. The lowest BCUT2D eigenvalue weighted by Gasteiger charge is -2.20. The molecular weight excluding hydrogens is 240 g/mol. The highest BCUT2D eigenvalue weighted by Gasteiger charge is 2.30. The molecule has 2 amide bonds. The molecule has 6 nitrogen and oxygen atoms in total. The fourth-order valence-corrected chi connectivity index (χ4v) is 2.49. The Hall–Kier alpha value is -1.21. The van der Waals surface area contributed by atoms with Gasteiger partial charge in [-0.2, -0.15) is 0 Å². The fourth-order valence-electron chi connectivity index (χ4n) is 1.79.